The first-order valence-electron chi connectivity index (χ1n) is 8.99. The van der Waals surface area contributed by atoms with Gasteiger partial charge in [0.2, 0.25) is 11.9 Å². The molecule has 0 atom stereocenters. The fourth-order valence-corrected chi connectivity index (χ4v) is 5.54. The molecule has 0 bridgehead atoms. The predicted molar refractivity (Wildman–Crippen MR) is 111 cm³/mol. The van der Waals surface area contributed by atoms with Gasteiger partial charge in [0.15, 0.2) is 5.16 Å². The SMILES string of the molecule is COCCn1c(SCc2nc(N)nc(N)n2)nc2sc3c(c2c1=O)CCCC3. The first kappa shape index (κ1) is 19.1. The topological polar surface area (TPSA) is 135 Å². The van der Waals surface area contributed by atoms with Crippen molar-refractivity contribution in [2.75, 3.05) is 25.2 Å². The Morgan fingerprint density at radius 3 is 2.64 bits per heavy atom. The third-order valence-corrected chi connectivity index (χ3v) is 6.76. The zero-order chi connectivity index (χ0) is 19.7. The Morgan fingerprint density at radius 2 is 1.89 bits per heavy atom. The number of methoxy groups -OCH3 is 1. The van der Waals surface area contributed by atoms with Crippen molar-refractivity contribution >= 4 is 45.2 Å². The van der Waals surface area contributed by atoms with Gasteiger partial charge in [0.25, 0.3) is 5.56 Å². The number of nitrogens with zero attached hydrogens (tertiary/aromatic N) is 5. The summed E-state index contributed by atoms with van der Waals surface area (Å²) in [4.78, 5) is 32.2. The van der Waals surface area contributed by atoms with Crippen molar-refractivity contribution < 1.29 is 4.74 Å². The van der Waals surface area contributed by atoms with Gasteiger partial charge in [0.05, 0.1) is 24.3 Å². The molecule has 9 nitrogen and oxygen atoms in total. The molecule has 0 aromatic carbocycles. The number of thioether (sulfide) groups is 1. The van der Waals surface area contributed by atoms with Crippen LogP contribution in [0.4, 0.5) is 11.9 Å². The summed E-state index contributed by atoms with van der Waals surface area (Å²) in [5.74, 6) is 0.990. The Hall–Kier alpha value is -2.24. The van der Waals surface area contributed by atoms with E-state index in [0.717, 1.165) is 29.5 Å². The van der Waals surface area contributed by atoms with E-state index >= 15 is 0 Å². The number of thiophene rings is 1. The Morgan fingerprint density at radius 1 is 1.14 bits per heavy atom. The largest absolute Gasteiger partial charge is 0.383 e. The van der Waals surface area contributed by atoms with Crippen LogP contribution in [0.3, 0.4) is 0 Å². The molecule has 0 saturated heterocycles. The second kappa shape index (κ2) is 8.02. The normalized spacial score (nSPS) is 13.8. The lowest BCUT2D eigenvalue weighted by atomic mass is 9.97. The lowest BCUT2D eigenvalue weighted by Crippen LogP contribution is -2.25. The number of aromatic nitrogens is 5. The molecule has 11 heteroatoms. The van der Waals surface area contributed by atoms with Gasteiger partial charge in [0, 0.05) is 12.0 Å². The number of anilines is 2. The van der Waals surface area contributed by atoms with E-state index in [0.29, 0.717) is 29.9 Å². The molecule has 0 amide bonds. The number of hydrogen-bond acceptors (Lipinski definition) is 10. The summed E-state index contributed by atoms with van der Waals surface area (Å²) < 4.78 is 6.88. The molecular weight excluding hydrogens is 398 g/mol. The van der Waals surface area contributed by atoms with Crippen LogP contribution < -0.4 is 17.0 Å². The average molecular weight is 420 g/mol. The number of rotatable bonds is 6. The van der Waals surface area contributed by atoms with Gasteiger partial charge in [-0.2, -0.15) is 15.0 Å². The molecule has 1 aliphatic carbocycles. The molecule has 3 aromatic heterocycles. The molecule has 0 saturated carbocycles. The Bertz CT molecular complexity index is 1060. The summed E-state index contributed by atoms with van der Waals surface area (Å²) in [5, 5.41) is 1.39. The quantitative estimate of drug-likeness (QED) is 0.451. The zero-order valence-electron chi connectivity index (χ0n) is 15.5. The number of nitrogen functional groups attached to an aromatic ring is 2. The zero-order valence-corrected chi connectivity index (χ0v) is 17.1. The fourth-order valence-electron chi connectivity index (χ4n) is 3.36. The third-order valence-electron chi connectivity index (χ3n) is 4.61. The van der Waals surface area contributed by atoms with E-state index in [9.17, 15) is 4.79 Å². The molecule has 4 rings (SSSR count). The molecule has 4 N–H and O–H groups in total. The van der Waals surface area contributed by atoms with Crippen molar-refractivity contribution in [1.29, 1.82) is 0 Å². The molecule has 0 fully saturated rings. The van der Waals surface area contributed by atoms with E-state index in [1.54, 1.807) is 23.0 Å². The highest BCUT2D eigenvalue weighted by molar-refractivity contribution is 7.98. The number of hydrogen-bond donors (Lipinski definition) is 2. The first-order valence-corrected chi connectivity index (χ1v) is 10.8. The number of nitrogens with two attached hydrogens (primary N) is 2. The van der Waals surface area contributed by atoms with Gasteiger partial charge in [-0.25, -0.2) is 4.98 Å². The smallest absolute Gasteiger partial charge is 0.263 e. The predicted octanol–water partition coefficient (Wildman–Crippen LogP) is 1.62. The second-order valence-corrected chi connectivity index (χ2v) is 8.52. The van der Waals surface area contributed by atoms with Crippen molar-refractivity contribution in [2.45, 2.75) is 43.1 Å². The second-order valence-electron chi connectivity index (χ2n) is 6.49. The molecule has 28 heavy (non-hydrogen) atoms. The van der Waals surface area contributed by atoms with E-state index in [1.807, 2.05) is 0 Å². The van der Waals surface area contributed by atoms with E-state index < -0.39 is 0 Å². The maximum absolute atomic E-state index is 13.3. The molecule has 1 aliphatic rings. The molecule has 3 heterocycles. The molecule has 148 valence electrons. The van der Waals surface area contributed by atoms with Gasteiger partial charge in [-0.1, -0.05) is 11.8 Å². The van der Waals surface area contributed by atoms with Crippen LogP contribution in [0.15, 0.2) is 9.95 Å². The van der Waals surface area contributed by atoms with Crippen LogP contribution in [0.5, 0.6) is 0 Å². The van der Waals surface area contributed by atoms with Crippen molar-refractivity contribution in [1.82, 2.24) is 24.5 Å². The van der Waals surface area contributed by atoms with Gasteiger partial charge < -0.3 is 16.2 Å². The highest BCUT2D eigenvalue weighted by atomic mass is 32.2. The van der Waals surface area contributed by atoms with Crippen LogP contribution in [0.25, 0.3) is 10.2 Å². The molecule has 0 unspecified atom stereocenters. The van der Waals surface area contributed by atoms with Crippen LogP contribution >= 0.6 is 23.1 Å². The van der Waals surface area contributed by atoms with E-state index in [2.05, 4.69) is 15.0 Å². The fraction of sp³-hybridized carbons (Fsp3) is 0.471. The Labute approximate surface area is 169 Å². The van der Waals surface area contributed by atoms with Crippen LogP contribution in [0.1, 0.15) is 29.1 Å². The van der Waals surface area contributed by atoms with Crippen LogP contribution in [0.2, 0.25) is 0 Å². The van der Waals surface area contributed by atoms with Gasteiger partial charge in [0.1, 0.15) is 10.7 Å². The summed E-state index contributed by atoms with van der Waals surface area (Å²) in [5.41, 5.74) is 12.5. The highest BCUT2D eigenvalue weighted by Crippen LogP contribution is 2.35. The minimum atomic E-state index is -0.00127. The summed E-state index contributed by atoms with van der Waals surface area (Å²) in [6.07, 6.45) is 4.27. The maximum Gasteiger partial charge on any atom is 0.263 e. The minimum Gasteiger partial charge on any atom is -0.383 e. The maximum atomic E-state index is 13.3. The van der Waals surface area contributed by atoms with Gasteiger partial charge in [-0.15, -0.1) is 11.3 Å². The van der Waals surface area contributed by atoms with E-state index in [4.69, 9.17) is 21.2 Å². The average Bonchev–Trinajstić information content (AvgIpc) is 3.03. The van der Waals surface area contributed by atoms with E-state index in [1.165, 1.54) is 28.6 Å². The standard InChI is InChI=1S/C17H21N7O2S2/c1-26-7-6-24-14(25)12-9-4-2-3-5-10(9)28-13(12)22-17(24)27-8-11-20-15(18)23-16(19)21-11/h2-8H2,1H3,(H4,18,19,20,21,23). The number of fused-ring (bicyclic) bond motifs is 3. The molecular formula is C17H21N7O2S2. The monoisotopic (exact) mass is 419 g/mol. The summed E-state index contributed by atoms with van der Waals surface area (Å²) in [6, 6.07) is 0. The summed E-state index contributed by atoms with van der Waals surface area (Å²) in [7, 11) is 1.62. The van der Waals surface area contributed by atoms with Crippen LogP contribution in [-0.2, 0) is 29.9 Å². The highest BCUT2D eigenvalue weighted by Gasteiger charge is 2.22. The Balaban J connectivity index is 1.74. The van der Waals surface area contributed by atoms with Crippen LogP contribution in [0, 0.1) is 0 Å². The summed E-state index contributed by atoms with van der Waals surface area (Å²) in [6.45, 7) is 0.866. The van der Waals surface area contributed by atoms with Crippen molar-refractivity contribution in [2.24, 2.45) is 0 Å². The Kier molecular flexibility index (Phi) is 5.47. The van der Waals surface area contributed by atoms with Gasteiger partial charge in [-0.3, -0.25) is 9.36 Å². The van der Waals surface area contributed by atoms with Gasteiger partial charge in [-0.05, 0) is 31.2 Å². The molecule has 0 radical (unpaired) electrons. The molecule has 3 aromatic rings. The lowest BCUT2D eigenvalue weighted by Gasteiger charge is -2.13. The van der Waals surface area contributed by atoms with Crippen molar-refractivity contribution in [3.8, 4) is 0 Å². The van der Waals surface area contributed by atoms with Crippen molar-refractivity contribution in [3.05, 3.63) is 26.6 Å². The number of aryl methyl sites for hydroxylation is 2. The molecule has 0 aliphatic heterocycles. The summed E-state index contributed by atoms with van der Waals surface area (Å²) >= 11 is 3.02. The van der Waals surface area contributed by atoms with E-state index in [-0.39, 0.29) is 17.5 Å². The van der Waals surface area contributed by atoms with Crippen LogP contribution in [-0.4, -0.2) is 38.2 Å². The minimum absolute atomic E-state index is 0.00127. The lowest BCUT2D eigenvalue weighted by molar-refractivity contribution is 0.183. The number of ether oxygens (including phenoxy) is 1. The first-order chi connectivity index (χ1) is 13.6. The van der Waals surface area contributed by atoms with Crippen molar-refractivity contribution in [3.63, 3.8) is 0 Å². The van der Waals surface area contributed by atoms with Gasteiger partial charge >= 0.3 is 0 Å². The molecule has 0 spiro atoms. The third kappa shape index (κ3) is 3.69.